The minimum absolute atomic E-state index is 0.0997. The molecule has 1 aromatic rings. The molecule has 1 amide bonds. The van der Waals surface area contributed by atoms with E-state index in [1.807, 2.05) is 6.92 Å². The molecule has 1 unspecified atom stereocenters. The van der Waals surface area contributed by atoms with E-state index in [2.05, 4.69) is 10.6 Å². The van der Waals surface area contributed by atoms with Crippen molar-refractivity contribution in [2.75, 3.05) is 37.9 Å². The summed E-state index contributed by atoms with van der Waals surface area (Å²) in [6.07, 6.45) is 0. The van der Waals surface area contributed by atoms with Gasteiger partial charge in [0.1, 0.15) is 0 Å². The predicted molar refractivity (Wildman–Crippen MR) is 75.2 cm³/mol. The van der Waals surface area contributed by atoms with Crippen LogP contribution in [0.1, 0.15) is 17.3 Å². The van der Waals surface area contributed by atoms with Gasteiger partial charge in [-0.3, -0.25) is 4.79 Å². The van der Waals surface area contributed by atoms with E-state index in [9.17, 15) is 9.90 Å². The van der Waals surface area contributed by atoms with Crippen LogP contribution in [0.15, 0.2) is 18.2 Å². The van der Waals surface area contributed by atoms with Crippen molar-refractivity contribution in [3.8, 4) is 0 Å². The minimum Gasteiger partial charge on any atom is -0.399 e. The number of benzene rings is 1. The summed E-state index contributed by atoms with van der Waals surface area (Å²) in [6, 6.07) is 4.70. The number of methoxy groups -OCH3 is 1. The van der Waals surface area contributed by atoms with Gasteiger partial charge in [-0.25, -0.2) is 0 Å². The fourth-order valence-corrected chi connectivity index (χ4v) is 1.70. The topological polar surface area (TPSA) is 96.6 Å². The summed E-state index contributed by atoms with van der Waals surface area (Å²) in [7, 11) is 1.55. The smallest absolute Gasteiger partial charge is 0.253 e. The highest BCUT2D eigenvalue weighted by Gasteiger charge is 2.14. The number of nitrogen functional groups attached to an aromatic ring is 1. The van der Waals surface area contributed by atoms with E-state index in [0.717, 1.165) is 0 Å². The predicted octanol–water partition coefficient (Wildman–Crippen LogP) is 0.438. The van der Waals surface area contributed by atoms with E-state index < -0.39 is 0 Å². The van der Waals surface area contributed by atoms with Gasteiger partial charge in [-0.15, -0.1) is 0 Å². The molecule has 1 atom stereocenters. The van der Waals surface area contributed by atoms with Gasteiger partial charge in [-0.1, -0.05) is 0 Å². The molecule has 19 heavy (non-hydrogen) atoms. The number of nitrogens with one attached hydrogen (secondary N) is 2. The molecule has 0 aromatic heterocycles. The number of aliphatic hydroxyl groups excluding tert-OH is 1. The van der Waals surface area contributed by atoms with Crippen molar-refractivity contribution < 1.29 is 14.6 Å². The summed E-state index contributed by atoms with van der Waals surface area (Å²) in [5.74, 6) is -0.181. The molecule has 0 aliphatic heterocycles. The molecule has 106 valence electrons. The lowest BCUT2D eigenvalue weighted by Crippen LogP contribution is -2.31. The van der Waals surface area contributed by atoms with Crippen molar-refractivity contribution >= 4 is 17.3 Å². The van der Waals surface area contributed by atoms with Crippen LogP contribution in [0, 0.1) is 0 Å². The third kappa shape index (κ3) is 4.42. The van der Waals surface area contributed by atoms with E-state index in [1.54, 1.807) is 25.3 Å². The summed E-state index contributed by atoms with van der Waals surface area (Å²) < 4.78 is 4.99. The second kappa shape index (κ2) is 7.60. The van der Waals surface area contributed by atoms with E-state index in [-0.39, 0.29) is 18.6 Å². The van der Waals surface area contributed by atoms with E-state index in [4.69, 9.17) is 10.5 Å². The maximum absolute atomic E-state index is 11.9. The zero-order chi connectivity index (χ0) is 14.3. The molecule has 1 aromatic carbocycles. The molecular weight excluding hydrogens is 246 g/mol. The highest BCUT2D eigenvalue weighted by atomic mass is 16.5. The summed E-state index contributed by atoms with van der Waals surface area (Å²) in [4.78, 5) is 11.9. The monoisotopic (exact) mass is 267 g/mol. The Balaban J connectivity index is 2.96. The molecule has 0 aliphatic carbocycles. The number of hydrogen-bond acceptors (Lipinski definition) is 5. The fraction of sp³-hybridized carbons (Fsp3) is 0.462. The molecule has 0 bridgehead atoms. The Bertz CT molecular complexity index is 424. The van der Waals surface area contributed by atoms with Crippen molar-refractivity contribution in [2.24, 2.45) is 0 Å². The van der Waals surface area contributed by atoms with Gasteiger partial charge in [0, 0.05) is 25.0 Å². The summed E-state index contributed by atoms with van der Waals surface area (Å²) in [6.45, 7) is 2.63. The highest BCUT2D eigenvalue weighted by molar-refractivity contribution is 6.00. The first kappa shape index (κ1) is 15.3. The van der Waals surface area contributed by atoms with Crippen molar-refractivity contribution in [1.82, 2.24) is 5.32 Å². The third-order valence-corrected chi connectivity index (χ3v) is 2.57. The summed E-state index contributed by atoms with van der Waals surface area (Å²) in [5.41, 5.74) is 7.35. The largest absolute Gasteiger partial charge is 0.399 e. The lowest BCUT2D eigenvalue weighted by atomic mass is 10.1. The number of carbonyl (C=O) groups is 1. The van der Waals surface area contributed by atoms with Gasteiger partial charge < -0.3 is 26.2 Å². The third-order valence-electron chi connectivity index (χ3n) is 2.57. The SMILES string of the molecule is CCNC(=O)c1ccc(N)cc1NC(CO)COC. The second-order valence-electron chi connectivity index (χ2n) is 4.14. The first-order valence-corrected chi connectivity index (χ1v) is 6.16. The van der Waals surface area contributed by atoms with Gasteiger partial charge in [0.15, 0.2) is 0 Å². The minimum atomic E-state index is -0.292. The Hall–Kier alpha value is -1.79. The van der Waals surface area contributed by atoms with Gasteiger partial charge in [-0.05, 0) is 25.1 Å². The molecule has 0 saturated carbocycles. The molecule has 5 N–H and O–H groups in total. The fourth-order valence-electron chi connectivity index (χ4n) is 1.70. The molecule has 0 radical (unpaired) electrons. The molecule has 0 saturated heterocycles. The van der Waals surface area contributed by atoms with Gasteiger partial charge in [0.2, 0.25) is 0 Å². The van der Waals surface area contributed by atoms with Crippen LogP contribution in [-0.4, -0.2) is 43.9 Å². The van der Waals surface area contributed by atoms with Crippen LogP contribution >= 0.6 is 0 Å². The molecule has 6 nitrogen and oxygen atoms in total. The van der Waals surface area contributed by atoms with Crippen LogP contribution in [0.4, 0.5) is 11.4 Å². The van der Waals surface area contributed by atoms with Gasteiger partial charge in [0.25, 0.3) is 5.91 Å². The Morgan fingerprint density at radius 3 is 2.84 bits per heavy atom. The Morgan fingerprint density at radius 2 is 2.26 bits per heavy atom. The Labute approximate surface area is 112 Å². The number of rotatable bonds is 7. The molecular formula is C13H21N3O3. The van der Waals surface area contributed by atoms with Gasteiger partial charge in [-0.2, -0.15) is 0 Å². The average molecular weight is 267 g/mol. The normalized spacial score (nSPS) is 11.9. The highest BCUT2D eigenvalue weighted by Crippen LogP contribution is 2.20. The number of carbonyl (C=O) groups excluding carboxylic acids is 1. The van der Waals surface area contributed by atoms with E-state index in [1.165, 1.54) is 0 Å². The van der Waals surface area contributed by atoms with Crippen LogP contribution in [0.5, 0.6) is 0 Å². The standard InChI is InChI=1S/C13H21N3O3/c1-3-15-13(18)11-5-4-9(14)6-12(11)16-10(7-17)8-19-2/h4-6,10,16-17H,3,7-8,14H2,1-2H3,(H,15,18). The average Bonchev–Trinajstić information content (AvgIpc) is 2.38. The van der Waals surface area contributed by atoms with Gasteiger partial charge >= 0.3 is 0 Å². The van der Waals surface area contributed by atoms with Crippen LogP contribution in [0.3, 0.4) is 0 Å². The maximum Gasteiger partial charge on any atom is 0.253 e. The first-order chi connectivity index (χ1) is 9.12. The molecule has 0 heterocycles. The Morgan fingerprint density at radius 1 is 1.53 bits per heavy atom. The van der Waals surface area contributed by atoms with Crippen LogP contribution in [-0.2, 0) is 4.74 Å². The van der Waals surface area contributed by atoms with Crippen LogP contribution in [0.2, 0.25) is 0 Å². The van der Waals surface area contributed by atoms with Crippen LogP contribution < -0.4 is 16.4 Å². The zero-order valence-corrected chi connectivity index (χ0v) is 11.3. The maximum atomic E-state index is 11.9. The number of ether oxygens (including phenoxy) is 1. The lowest BCUT2D eigenvalue weighted by molar-refractivity contribution is 0.0956. The molecule has 6 heteroatoms. The first-order valence-electron chi connectivity index (χ1n) is 6.16. The van der Waals surface area contributed by atoms with E-state index >= 15 is 0 Å². The second-order valence-corrected chi connectivity index (χ2v) is 4.14. The van der Waals surface area contributed by atoms with Crippen LogP contribution in [0.25, 0.3) is 0 Å². The van der Waals surface area contributed by atoms with E-state index in [0.29, 0.717) is 30.1 Å². The molecule has 0 spiro atoms. The quantitative estimate of drug-likeness (QED) is 0.537. The van der Waals surface area contributed by atoms with Crippen molar-refractivity contribution in [3.05, 3.63) is 23.8 Å². The molecule has 0 fully saturated rings. The zero-order valence-electron chi connectivity index (χ0n) is 11.3. The van der Waals surface area contributed by atoms with Crippen molar-refractivity contribution in [1.29, 1.82) is 0 Å². The summed E-state index contributed by atoms with van der Waals surface area (Å²) >= 11 is 0. The molecule has 0 aliphatic rings. The van der Waals surface area contributed by atoms with Crippen molar-refractivity contribution in [3.63, 3.8) is 0 Å². The van der Waals surface area contributed by atoms with Gasteiger partial charge in [0.05, 0.1) is 24.8 Å². The molecule has 1 rings (SSSR count). The Kier molecular flexibility index (Phi) is 6.11. The number of nitrogens with two attached hydrogens (primary N) is 1. The number of hydrogen-bond donors (Lipinski definition) is 4. The lowest BCUT2D eigenvalue weighted by Gasteiger charge is -2.19. The number of anilines is 2. The number of amides is 1. The number of aliphatic hydroxyl groups is 1. The summed E-state index contributed by atoms with van der Waals surface area (Å²) in [5, 5.41) is 15.0. The van der Waals surface area contributed by atoms with Crippen molar-refractivity contribution in [2.45, 2.75) is 13.0 Å².